The first-order valence-corrected chi connectivity index (χ1v) is 6.80. The first kappa shape index (κ1) is 14.8. The molecule has 1 aliphatic carbocycles. The highest BCUT2D eigenvalue weighted by Gasteiger charge is 2.30. The van der Waals surface area contributed by atoms with Crippen LogP contribution in [0.5, 0.6) is 0 Å². The van der Waals surface area contributed by atoms with Gasteiger partial charge in [-0.25, -0.2) is 8.78 Å². The summed E-state index contributed by atoms with van der Waals surface area (Å²) in [5.74, 6) is 0.651. The summed E-state index contributed by atoms with van der Waals surface area (Å²) in [6, 6.07) is 0.256. The van der Waals surface area contributed by atoms with E-state index in [0.717, 1.165) is 25.8 Å². The highest BCUT2D eigenvalue weighted by Crippen LogP contribution is 2.30. The van der Waals surface area contributed by atoms with Crippen LogP contribution < -0.4 is 5.32 Å². The van der Waals surface area contributed by atoms with Crippen LogP contribution in [0.15, 0.2) is 0 Å². The topological polar surface area (TPSA) is 21.3 Å². The fourth-order valence-electron chi connectivity index (χ4n) is 2.76. The number of halogens is 2. The van der Waals surface area contributed by atoms with Gasteiger partial charge < -0.3 is 10.1 Å². The van der Waals surface area contributed by atoms with Crippen molar-refractivity contribution in [2.75, 3.05) is 13.2 Å². The standard InChI is InChI=1S/C13H25F2NO/c1-3-5-10-6-7-11(16-4-2)12(8-10)17-9-13(14)15/h10-13,16H,3-9H2,1-2H3. The Bertz CT molecular complexity index is 202. The minimum Gasteiger partial charge on any atom is -0.371 e. The Labute approximate surface area is 103 Å². The zero-order valence-corrected chi connectivity index (χ0v) is 10.9. The van der Waals surface area contributed by atoms with Gasteiger partial charge in [-0.3, -0.25) is 0 Å². The molecule has 3 unspecified atom stereocenters. The van der Waals surface area contributed by atoms with Crippen molar-refractivity contribution in [3.05, 3.63) is 0 Å². The molecule has 1 fully saturated rings. The number of rotatable bonds is 7. The van der Waals surface area contributed by atoms with Crippen LogP contribution in [0.1, 0.15) is 46.0 Å². The van der Waals surface area contributed by atoms with Crippen molar-refractivity contribution in [1.82, 2.24) is 5.32 Å². The molecule has 1 N–H and O–H groups in total. The molecule has 0 radical (unpaired) electrons. The normalized spacial score (nSPS) is 29.8. The van der Waals surface area contributed by atoms with Gasteiger partial charge >= 0.3 is 0 Å². The molecule has 0 aliphatic heterocycles. The van der Waals surface area contributed by atoms with E-state index in [1.807, 2.05) is 6.92 Å². The largest absolute Gasteiger partial charge is 0.371 e. The van der Waals surface area contributed by atoms with Crippen molar-refractivity contribution >= 4 is 0 Å². The molecule has 0 aromatic rings. The van der Waals surface area contributed by atoms with Gasteiger partial charge in [0.25, 0.3) is 6.43 Å². The summed E-state index contributed by atoms with van der Waals surface area (Å²) in [7, 11) is 0. The number of hydrogen-bond donors (Lipinski definition) is 1. The maximum absolute atomic E-state index is 12.2. The summed E-state index contributed by atoms with van der Waals surface area (Å²) in [5.41, 5.74) is 0. The molecule has 0 spiro atoms. The lowest BCUT2D eigenvalue weighted by atomic mass is 9.81. The lowest BCUT2D eigenvalue weighted by Gasteiger charge is -2.36. The van der Waals surface area contributed by atoms with E-state index in [0.29, 0.717) is 5.92 Å². The molecule has 2 nitrogen and oxygen atoms in total. The molecule has 4 heteroatoms. The third-order valence-electron chi connectivity index (χ3n) is 3.50. The average molecular weight is 249 g/mol. The molecule has 102 valence electrons. The quantitative estimate of drug-likeness (QED) is 0.748. The van der Waals surface area contributed by atoms with Crippen molar-refractivity contribution in [3.8, 4) is 0 Å². The molecule has 0 heterocycles. The van der Waals surface area contributed by atoms with Gasteiger partial charge in [-0.2, -0.15) is 0 Å². The van der Waals surface area contributed by atoms with Gasteiger partial charge in [0, 0.05) is 6.04 Å². The predicted molar refractivity (Wildman–Crippen MR) is 65.5 cm³/mol. The molecule has 3 atom stereocenters. The number of hydrogen-bond acceptors (Lipinski definition) is 2. The highest BCUT2D eigenvalue weighted by molar-refractivity contribution is 4.85. The van der Waals surface area contributed by atoms with Crippen molar-refractivity contribution in [2.45, 2.75) is 64.5 Å². The van der Waals surface area contributed by atoms with E-state index in [1.54, 1.807) is 0 Å². The van der Waals surface area contributed by atoms with E-state index in [2.05, 4.69) is 12.2 Å². The molecule has 0 amide bonds. The molecule has 1 saturated carbocycles. The smallest absolute Gasteiger partial charge is 0.261 e. The number of nitrogens with one attached hydrogen (secondary N) is 1. The zero-order chi connectivity index (χ0) is 12.7. The molecule has 0 bridgehead atoms. The van der Waals surface area contributed by atoms with Gasteiger partial charge in [0.1, 0.15) is 6.61 Å². The summed E-state index contributed by atoms with van der Waals surface area (Å²) in [6.45, 7) is 4.66. The summed E-state index contributed by atoms with van der Waals surface area (Å²) >= 11 is 0. The summed E-state index contributed by atoms with van der Waals surface area (Å²) in [6.07, 6.45) is 3.13. The fourth-order valence-corrected chi connectivity index (χ4v) is 2.76. The van der Waals surface area contributed by atoms with Crippen LogP contribution >= 0.6 is 0 Å². The first-order chi connectivity index (χ1) is 8.17. The Kier molecular flexibility index (Phi) is 6.97. The molecule has 1 aliphatic rings. The second-order valence-corrected chi connectivity index (χ2v) is 4.89. The van der Waals surface area contributed by atoms with Crippen LogP contribution in [-0.2, 0) is 4.74 Å². The highest BCUT2D eigenvalue weighted by atomic mass is 19.3. The molecular weight excluding hydrogens is 224 g/mol. The van der Waals surface area contributed by atoms with Crippen LogP contribution in [-0.4, -0.2) is 31.7 Å². The van der Waals surface area contributed by atoms with Gasteiger partial charge in [-0.15, -0.1) is 0 Å². The van der Waals surface area contributed by atoms with Crippen LogP contribution in [0.2, 0.25) is 0 Å². The lowest BCUT2D eigenvalue weighted by molar-refractivity contribution is -0.0586. The van der Waals surface area contributed by atoms with E-state index in [-0.39, 0.29) is 12.1 Å². The Morgan fingerprint density at radius 3 is 2.65 bits per heavy atom. The van der Waals surface area contributed by atoms with Gasteiger partial charge in [0.2, 0.25) is 0 Å². The average Bonchev–Trinajstić information content (AvgIpc) is 2.29. The molecule has 0 saturated heterocycles. The van der Waals surface area contributed by atoms with Crippen molar-refractivity contribution in [1.29, 1.82) is 0 Å². The van der Waals surface area contributed by atoms with E-state index >= 15 is 0 Å². The van der Waals surface area contributed by atoms with E-state index in [9.17, 15) is 8.78 Å². The van der Waals surface area contributed by atoms with Crippen LogP contribution in [0.25, 0.3) is 0 Å². The van der Waals surface area contributed by atoms with E-state index < -0.39 is 13.0 Å². The molecule has 0 aromatic carbocycles. The minimum absolute atomic E-state index is 0.0331. The predicted octanol–water partition coefficient (Wildman–Crippen LogP) is 3.22. The third-order valence-corrected chi connectivity index (χ3v) is 3.50. The third kappa shape index (κ3) is 5.30. The second kappa shape index (κ2) is 7.98. The van der Waals surface area contributed by atoms with Gasteiger partial charge in [-0.1, -0.05) is 26.7 Å². The summed E-state index contributed by atoms with van der Waals surface area (Å²) < 4.78 is 29.8. The van der Waals surface area contributed by atoms with Crippen LogP contribution in [0.3, 0.4) is 0 Å². The minimum atomic E-state index is -2.36. The van der Waals surface area contributed by atoms with E-state index in [4.69, 9.17) is 4.74 Å². The Morgan fingerprint density at radius 1 is 1.29 bits per heavy atom. The summed E-state index contributed by atoms with van der Waals surface area (Å²) in [5, 5.41) is 3.35. The number of likely N-dealkylation sites (N-methyl/N-ethyl adjacent to an activating group) is 1. The van der Waals surface area contributed by atoms with Gasteiger partial charge in [-0.05, 0) is 31.7 Å². The maximum Gasteiger partial charge on any atom is 0.261 e. The van der Waals surface area contributed by atoms with Crippen molar-refractivity contribution in [2.24, 2.45) is 5.92 Å². The van der Waals surface area contributed by atoms with Gasteiger partial charge in [0.15, 0.2) is 0 Å². The first-order valence-electron chi connectivity index (χ1n) is 6.80. The van der Waals surface area contributed by atoms with Crippen molar-refractivity contribution < 1.29 is 13.5 Å². The SMILES string of the molecule is CCCC1CCC(NCC)C(OCC(F)F)C1. The van der Waals surface area contributed by atoms with Crippen molar-refractivity contribution in [3.63, 3.8) is 0 Å². The number of alkyl halides is 2. The Balaban J connectivity index is 2.43. The fraction of sp³-hybridized carbons (Fsp3) is 1.00. The summed E-state index contributed by atoms with van der Waals surface area (Å²) in [4.78, 5) is 0. The van der Waals surface area contributed by atoms with Gasteiger partial charge in [0.05, 0.1) is 6.10 Å². The molecule has 17 heavy (non-hydrogen) atoms. The van der Waals surface area contributed by atoms with Crippen LogP contribution in [0.4, 0.5) is 8.78 Å². The zero-order valence-electron chi connectivity index (χ0n) is 10.9. The second-order valence-electron chi connectivity index (χ2n) is 4.89. The molecular formula is C13H25F2NO. The van der Waals surface area contributed by atoms with E-state index in [1.165, 1.54) is 12.8 Å². The van der Waals surface area contributed by atoms with Crippen LogP contribution in [0, 0.1) is 5.92 Å². The Morgan fingerprint density at radius 2 is 2.06 bits per heavy atom. The molecule has 1 rings (SSSR count). The molecule has 0 aromatic heterocycles. The Hall–Kier alpha value is -0.220. The monoisotopic (exact) mass is 249 g/mol. The lowest BCUT2D eigenvalue weighted by Crippen LogP contribution is -2.46. The maximum atomic E-state index is 12.2. The number of ether oxygens (including phenoxy) is 1.